The number of hydrogen-bond acceptors (Lipinski definition) is 5. The first kappa shape index (κ1) is 24.3. The van der Waals surface area contributed by atoms with Crippen LogP contribution < -0.4 is 14.9 Å². The molecule has 3 aromatic rings. The molecule has 0 aliphatic heterocycles. The maximum absolute atomic E-state index is 12.0. The number of carbonyl (C=O) groups is 1. The van der Waals surface area contributed by atoms with Gasteiger partial charge in [-0.2, -0.15) is 5.10 Å². The van der Waals surface area contributed by atoms with Crippen molar-refractivity contribution >= 4 is 23.7 Å². The molecule has 2 N–H and O–H groups in total. The van der Waals surface area contributed by atoms with Crippen molar-refractivity contribution in [2.24, 2.45) is 5.10 Å². The predicted octanol–water partition coefficient (Wildman–Crippen LogP) is 5.28. The summed E-state index contributed by atoms with van der Waals surface area (Å²) in [7, 11) is 0. The fourth-order valence-corrected chi connectivity index (χ4v) is 3.15. The molecule has 7 heteroatoms. The third-order valence-corrected chi connectivity index (χ3v) is 5.07. The number of ether oxygens (including phenoxy) is 2. The summed E-state index contributed by atoms with van der Waals surface area (Å²) in [4.78, 5) is 12.0. The first-order valence-electron chi connectivity index (χ1n) is 10.7. The highest BCUT2D eigenvalue weighted by atomic mass is 35.5. The number of aliphatic hydroxyl groups excluding tert-OH is 1. The lowest BCUT2D eigenvalue weighted by Gasteiger charge is -2.11. The number of benzene rings is 3. The topological polar surface area (TPSA) is 80.2 Å². The highest BCUT2D eigenvalue weighted by Crippen LogP contribution is 2.21. The zero-order valence-electron chi connectivity index (χ0n) is 18.4. The highest BCUT2D eigenvalue weighted by Gasteiger charge is 2.10. The molecule has 3 rings (SSSR count). The summed E-state index contributed by atoms with van der Waals surface area (Å²) in [6.07, 6.45) is 1.29. The van der Waals surface area contributed by atoms with Crippen molar-refractivity contribution in [2.75, 3.05) is 6.61 Å². The summed E-state index contributed by atoms with van der Waals surface area (Å²) >= 11 is 5.88. The number of nitrogens with zero attached hydrogens (tertiary/aromatic N) is 1. The molecule has 0 fully saturated rings. The highest BCUT2D eigenvalue weighted by molar-refractivity contribution is 6.30. The molecule has 0 radical (unpaired) electrons. The Bertz CT molecular complexity index is 1040. The number of carbonyl (C=O) groups excluding carboxylic acids is 1. The second kappa shape index (κ2) is 12.6. The van der Waals surface area contributed by atoms with Gasteiger partial charge in [-0.3, -0.25) is 4.79 Å². The Labute approximate surface area is 198 Å². The molecule has 0 spiro atoms. The molecule has 0 aliphatic carbocycles. The Hall–Kier alpha value is -3.35. The van der Waals surface area contributed by atoms with Crippen LogP contribution in [0.25, 0.3) is 0 Å². The quantitative estimate of drug-likeness (QED) is 0.297. The fraction of sp³-hybridized carbons (Fsp3) is 0.231. The van der Waals surface area contributed by atoms with Gasteiger partial charge in [-0.25, -0.2) is 5.43 Å². The van der Waals surface area contributed by atoms with E-state index in [0.29, 0.717) is 24.7 Å². The number of rotatable bonds is 11. The van der Waals surface area contributed by atoms with Gasteiger partial charge in [-0.15, -0.1) is 0 Å². The van der Waals surface area contributed by atoms with E-state index in [1.165, 1.54) is 0 Å². The van der Waals surface area contributed by atoms with Crippen molar-refractivity contribution in [3.8, 4) is 11.5 Å². The molecule has 0 aliphatic rings. The van der Waals surface area contributed by atoms with Gasteiger partial charge in [0.15, 0.2) is 0 Å². The standard InChI is InChI=1S/C26H27ClN2O4/c1-2-32-23-13-7-21(8-14-23)25(30)15-16-26(31)29-28-17-19-5-11-24(12-6-19)33-18-20-3-9-22(27)10-4-20/h3-14,17,25,30H,2,15-16,18H2,1H3,(H,29,31)/b28-17-/t25-/m0/s1. The van der Waals surface area contributed by atoms with Crippen molar-refractivity contribution in [1.29, 1.82) is 0 Å². The van der Waals surface area contributed by atoms with Gasteiger partial charge in [-0.1, -0.05) is 35.9 Å². The second-order valence-corrected chi connectivity index (χ2v) is 7.77. The van der Waals surface area contributed by atoms with Gasteiger partial charge >= 0.3 is 0 Å². The van der Waals surface area contributed by atoms with Crippen molar-refractivity contribution in [1.82, 2.24) is 5.43 Å². The third kappa shape index (κ3) is 8.25. The van der Waals surface area contributed by atoms with E-state index >= 15 is 0 Å². The third-order valence-electron chi connectivity index (χ3n) is 4.82. The van der Waals surface area contributed by atoms with E-state index in [1.807, 2.05) is 55.5 Å². The summed E-state index contributed by atoms with van der Waals surface area (Å²) in [5.74, 6) is 1.22. The van der Waals surface area contributed by atoms with Crippen LogP contribution in [-0.2, 0) is 11.4 Å². The minimum atomic E-state index is -0.726. The van der Waals surface area contributed by atoms with Crippen molar-refractivity contribution in [2.45, 2.75) is 32.5 Å². The smallest absolute Gasteiger partial charge is 0.240 e. The Kier molecular flexibility index (Phi) is 9.30. The van der Waals surface area contributed by atoms with Gasteiger partial charge < -0.3 is 14.6 Å². The van der Waals surface area contributed by atoms with Gasteiger partial charge in [-0.05, 0) is 78.6 Å². The lowest BCUT2D eigenvalue weighted by molar-refractivity contribution is -0.121. The largest absolute Gasteiger partial charge is 0.494 e. The lowest BCUT2D eigenvalue weighted by Crippen LogP contribution is -2.18. The number of hydrazone groups is 1. The van der Waals surface area contributed by atoms with Crippen LogP contribution in [0.3, 0.4) is 0 Å². The van der Waals surface area contributed by atoms with E-state index in [-0.39, 0.29) is 12.3 Å². The van der Waals surface area contributed by atoms with E-state index in [2.05, 4.69) is 10.5 Å². The molecule has 33 heavy (non-hydrogen) atoms. The lowest BCUT2D eigenvalue weighted by atomic mass is 10.0. The van der Waals surface area contributed by atoms with Crippen molar-refractivity contribution in [3.63, 3.8) is 0 Å². The molecule has 1 amide bonds. The van der Waals surface area contributed by atoms with Crippen LogP contribution in [0, 0.1) is 0 Å². The molecule has 0 bridgehead atoms. The van der Waals surface area contributed by atoms with Gasteiger partial charge in [0.2, 0.25) is 5.91 Å². The van der Waals surface area contributed by atoms with E-state index in [9.17, 15) is 9.90 Å². The van der Waals surface area contributed by atoms with Crippen LogP contribution in [0.1, 0.15) is 42.6 Å². The summed E-state index contributed by atoms with van der Waals surface area (Å²) in [5, 5.41) is 14.9. The molecule has 3 aromatic carbocycles. The molecule has 0 heterocycles. The van der Waals surface area contributed by atoms with Crippen LogP contribution in [0.5, 0.6) is 11.5 Å². The monoisotopic (exact) mass is 466 g/mol. The van der Waals surface area contributed by atoms with Gasteiger partial charge in [0, 0.05) is 11.4 Å². The zero-order valence-corrected chi connectivity index (χ0v) is 19.2. The molecule has 0 aromatic heterocycles. The predicted molar refractivity (Wildman–Crippen MR) is 130 cm³/mol. The summed E-state index contributed by atoms with van der Waals surface area (Å²) in [5.41, 5.74) is 5.08. The molecule has 1 atom stereocenters. The Morgan fingerprint density at radius 2 is 1.64 bits per heavy atom. The summed E-state index contributed by atoms with van der Waals surface area (Å²) in [6.45, 7) is 2.95. The summed E-state index contributed by atoms with van der Waals surface area (Å²) in [6, 6.07) is 22.1. The average molecular weight is 467 g/mol. The normalized spacial score (nSPS) is 11.8. The number of amides is 1. The van der Waals surface area contributed by atoms with Crippen LogP contribution in [0.15, 0.2) is 77.9 Å². The average Bonchev–Trinajstić information content (AvgIpc) is 2.84. The van der Waals surface area contributed by atoms with Crippen LogP contribution in [0.2, 0.25) is 5.02 Å². The van der Waals surface area contributed by atoms with Gasteiger partial charge in [0.25, 0.3) is 0 Å². The SMILES string of the molecule is CCOc1ccc([C@@H](O)CCC(=O)N/N=C\c2ccc(OCc3ccc(Cl)cc3)cc2)cc1. The Balaban J connectivity index is 1.39. The molecule has 172 valence electrons. The maximum atomic E-state index is 12.0. The van der Waals surface area contributed by atoms with Crippen LogP contribution >= 0.6 is 11.6 Å². The van der Waals surface area contributed by atoms with Gasteiger partial charge in [0.1, 0.15) is 18.1 Å². The van der Waals surface area contributed by atoms with Gasteiger partial charge in [0.05, 0.1) is 18.9 Å². The van der Waals surface area contributed by atoms with E-state index in [4.69, 9.17) is 21.1 Å². The molecule has 6 nitrogen and oxygen atoms in total. The summed E-state index contributed by atoms with van der Waals surface area (Å²) < 4.78 is 11.1. The van der Waals surface area contributed by atoms with Crippen LogP contribution in [0.4, 0.5) is 0 Å². The number of hydrogen-bond donors (Lipinski definition) is 2. The molecule has 0 saturated carbocycles. The van der Waals surface area contributed by atoms with E-state index in [1.54, 1.807) is 30.5 Å². The zero-order chi connectivity index (χ0) is 23.5. The number of nitrogens with one attached hydrogen (secondary N) is 1. The first-order valence-corrected chi connectivity index (χ1v) is 11.1. The van der Waals surface area contributed by atoms with Crippen molar-refractivity contribution in [3.05, 3.63) is 94.5 Å². The Morgan fingerprint density at radius 3 is 2.30 bits per heavy atom. The minimum Gasteiger partial charge on any atom is -0.494 e. The van der Waals surface area contributed by atoms with Crippen molar-refractivity contribution < 1.29 is 19.4 Å². The fourth-order valence-electron chi connectivity index (χ4n) is 3.02. The number of aliphatic hydroxyl groups is 1. The second-order valence-electron chi connectivity index (χ2n) is 7.33. The minimum absolute atomic E-state index is 0.156. The van der Waals surface area contributed by atoms with E-state index < -0.39 is 6.10 Å². The Morgan fingerprint density at radius 1 is 1.00 bits per heavy atom. The molecular weight excluding hydrogens is 440 g/mol. The van der Waals surface area contributed by atoms with E-state index in [0.717, 1.165) is 28.2 Å². The maximum Gasteiger partial charge on any atom is 0.240 e. The first-order chi connectivity index (χ1) is 16.0. The number of halogens is 1. The molecule has 0 saturated heterocycles. The van der Waals surface area contributed by atoms with Crippen LogP contribution in [-0.4, -0.2) is 23.8 Å². The molecular formula is C26H27ClN2O4. The molecule has 0 unspecified atom stereocenters.